The van der Waals surface area contributed by atoms with Gasteiger partial charge < -0.3 is 10.0 Å². The molecule has 1 amide bonds. The number of carboxylic acid groups (broad SMARTS) is 1. The number of rotatable bonds is 5. The van der Waals surface area contributed by atoms with E-state index in [9.17, 15) is 14.4 Å². The molecule has 0 aliphatic rings. The molecule has 3 rings (SSSR count). The van der Waals surface area contributed by atoms with Crippen LogP contribution in [0.2, 0.25) is 0 Å². The number of carbonyl (C=O) groups excluding carboxylic acids is 2. The van der Waals surface area contributed by atoms with Gasteiger partial charge in [-0.15, -0.1) is 0 Å². The van der Waals surface area contributed by atoms with E-state index in [4.69, 9.17) is 5.11 Å². The predicted molar refractivity (Wildman–Crippen MR) is 101 cm³/mol. The molecule has 0 saturated carbocycles. The van der Waals surface area contributed by atoms with Gasteiger partial charge in [-0.3, -0.25) is 19.1 Å². The summed E-state index contributed by atoms with van der Waals surface area (Å²) in [6.45, 7) is 2.69. The second-order valence-electron chi connectivity index (χ2n) is 6.59. The van der Waals surface area contributed by atoms with Crippen LogP contribution in [0.3, 0.4) is 0 Å². The van der Waals surface area contributed by atoms with Crippen LogP contribution in [-0.4, -0.2) is 61.5 Å². The molecule has 0 spiro atoms. The number of hydrogen-bond acceptors (Lipinski definition) is 6. The summed E-state index contributed by atoms with van der Waals surface area (Å²) in [5.41, 5.74) is 2.04. The number of hydrogen-bond donors (Lipinski definition) is 1. The number of amides is 1. The molecule has 144 valence electrons. The monoisotopic (exact) mass is 381 g/mol. The predicted octanol–water partition coefficient (Wildman–Crippen LogP) is 1.79. The van der Waals surface area contributed by atoms with Crippen molar-refractivity contribution in [3.63, 3.8) is 0 Å². The van der Waals surface area contributed by atoms with E-state index in [0.717, 1.165) is 0 Å². The lowest BCUT2D eigenvalue weighted by molar-refractivity contribution is -0.137. The van der Waals surface area contributed by atoms with Gasteiger partial charge in [0.15, 0.2) is 5.78 Å². The Morgan fingerprint density at radius 1 is 1.14 bits per heavy atom. The number of ketones is 1. The van der Waals surface area contributed by atoms with Crippen LogP contribution in [0.15, 0.2) is 24.5 Å². The first-order chi connectivity index (χ1) is 13.2. The Labute approximate surface area is 160 Å². The summed E-state index contributed by atoms with van der Waals surface area (Å²) >= 11 is 0. The summed E-state index contributed by atoms with van der Waals surface area (Å²) < 4.78 is 1.22. The van der Waals surface area contributed by atoms with Gasteiger partial charge in [0.05, 0.1) is 5.52 Å². The normalized spacial score (nSPS) is 10.9. The molecule has 1 aromatic carbocycles. The van der Waals surface area contributed by atoms with Crippen molar-refractivity contribution in [2.45, 2.75) is 20.4 Å². The molecular formula is C19H19N5O4. The van der Waals surface area contributed by atoms with Crippen LogP contribution in [-0.2, 0) is 11.3 Å². The van der Waals surface area contributed by atoms with Crippen molar-refractivity contribution in [2.24, 2.45) is 0 Å². The molecule has 1 N–H and O–H groups in total. The fraction of sp³-hybridized carbons (Fsp3) is 0.263. The van der Waals surface area contributed by atoms with Crippen LogP contribution in [0.25, 0.3) is 22.0 Å². The van der Waals surface area contributed by atoms with Crippen LogP contribution in [0.4, 0.5) is 0 Å². The Morgan fingerprint density at radius 2 is 1.79 bits per heavy atom. The molecule has 28 heavy (non-hydrogen) atoms. The minimum absolute atomic E-state index is 0.148. The van der Waals surface area contributed by atoms with E-state index in [1.54, 1.807) is 45.5 Å². The minimum atomic E-state index is -1.10. The molecule has 2 heterocycles. The van der Waals surface area contributed by atoms with Gasteiger partial charge in [0.1, 0.15) is 18.1 Å². The molecule has 3 aromatic rings. The van der Waals surface area contributed by atoms with Crippen molar-refractivity contribution in [3.05, 3.63) is 41.6 Å². The quantitative estimate of drug-likeness (QED) is 0.669. The van der Waals surface area contributed by atoms with Gasteiger partial charge in [0.25, 0.3) is 5.91 Å². The van der Waals surface area contributed by atoms with E-state index in [1.807, 2.05) is 0 Å². The lowest BCUT2D eigenvalue weighted by Gasteiger charge is -2.15. The highest BCUT2D eigenvalue weighted by atomic mass is 16.4. The second-order valence-corrected chi connectivity index (χ2v) is 6.59. The summed E-state index contributed by atoms with van der Waals surface area (Å²) in [4.78, 5) is 45.8. The lowest BCUT2D eigenvalue weighted by Crippen LogP contribution is -2.22. The third-order valence-corrected chi connectivity index (χ3v) is 4.24. The zero-order chi connectivity index (χ0) is 20.6. The van der Waals surface area contributed by atoms with Crippen LogP contribution in [0.1, 0.15) is 33.6 Å². The van der Waals surface area contributed by atoms with Crippen molar-refractivity contribution < 1.29 is 19.5 Å². The highest BCUT2D eigenvalue weighted by molar-refractivity contribution is 6.10. The fourth-order valence-electron chi connectivity index (χ4n) is 2.92. The zero-order valence-electron chi connectivity index (χ0n) is 15.9. The van der Waals surface area contributed by atoms with Crippen LogP contribution in [0.5, 0.6) is 0 Å². The summed E-state index contributed by atoms with van der Waals surface area (Å²) in [6.07, 6.45) is 3.20. The number of Topliss-reactive ketones (excluding diaryl/α,β-unsaturated/α-hetero) is 1. The average molecular weight is 381 g/mol. The van der Waals surface area contributed by atoms with Gasteiger partial charge in [0.2, 0.25) is 0 Å². The van der Waals surface area contributed by atoms with Gasteiger partial charge in [-0.1, -0.05) is 0 Å². The molecule has 2 aromatic heterocycles. The van der Waals surface area contributed by atoms with Gasteiger partial charge >= 0.3 is 5.97 Å². The Balaban J connectivity index is 2.37. The maximum absolute atomic E-state index is 12.8. The Hall–Kier alpha value is -3.62. The molecule has 0 fully saturated rings. The first-order valence-corrected chi connectivity index (χ1v) is 8.47. The molecule has 0 aliphatic heterocycles. The van der Waals surface area contributed by atoms with Crippen molar-refractivity contribution in [1.29, 1.82) is 0 Å². The topological polar surface area (TPSA) is 118 Å². The smallest absolute Gasteiger partial charge is 0.325 e. The lowest BCUT2D eigenvalue weighted by atomic mass is 9.97. The summed E-state index contributed by atoms with van der Waals surface area (Å²) in [5.74, 6) is -1.09. The van der Waals surface area contributed by atoms with Crippen molar-refractivity contribution >= 4 is 28.6 Å². The van der Waals surface area contributed by atoms with Crippen molar-refractivity contribution in [3.8, 4) is 11.1 Å². The third-order valence-electron chi connectivity index (χ3n) is 4.24. The molecular weight excluding hydrogens is 362 g/mol. The molecule has 0 bridgehead atoms. The second kappa shape index (κ2) is 7.18. The molecule has 0 saturated heterocycles. The number of carboxylic acids is 1. The van der Waals surface area contributed by atoms with E-state index in [1.165, 1.54) is 16.5 Å². The summed E-state index contributed by atoms with van der Waals surface area (Å²) in [5, 5.41) is 13.8. The number of aromatic nitrogens is 4. The number of aliphatic carboxylic acids is 1. The molecule has 0 aliphatic carbocycles. The molecule has 9 nitrogen and oxygen atoms in total. The SMILES string of the molecule is CC(=O)c1nn(CC(=O)O)c2cc(C(=O)N(C)C)c(-c3cnc(C)nc3)cc12. The van der Waals surface area contributed by atoms with Crippen molar-refractivity contribution in [2.75, 3.05) is 14.1 Å². The van der Waals surface area contributed by atoms with Crippen molar-refractivity contribution in [1.82, 2.24) is 24.6 Å². The van der Waals surface area contributed by atoms with Gasteiger partial charge in [-0.2, -0.15) is 5.10 Å². The highest BCUT2D eigenvalue weighted by Crippen LogP contribution is 2.31. The average Bonchev–Trinajstić information content (AvgIpc) is 2.98. The fourth-order valence-corrected chi connectivity index (χ4v) is 2.92. The maximum atomic E-state index is 12.8. The first-order valence-electron chi connectivity index (χ1n) is 8.47. The van der Waals surface area contributed by atoms with Gasteiger partial charge in [-0.25, -0.2) is 9.97 Å². The molecule has 0 atom stereocenters. The number of fused-ring (bicyclic) bond motifs is 1. The number of carbonyl (C=O) groups is 3. The zero-order valence-corrected chi connectivity index (χ0v) is 15.9. The highest BCUT2D eigenvalue weighted by Gasteiger charge is 2.22. The van der Waals surface area contributed by atoms with E-state index in [-0.39, 0.29) is 17.4 Å². The van der Waals surface area contributed by atoms with Crippen LogP contribution >= 0.6 is 0 Å². The van der Waals surface area contributed by atoms with Crippen LogP contribution in [0, 0.1) is 6.92 Å². The molecule has 0 radical (unpaired) electrons. The summed E-state index contributed by atoms with van der Waals surface area (Å²) in [7, 11) is 3.25. The maximum Gasteiger partial charge on any atom is 0.325 e. The Bertz CT molecular complexity index is 1100. The standard InChI is InChI=1S/C19H19N5O4/c1-10(25)18-15-5-13(12-7-20-11(2)21-8-12)14(19(28)23(3)4)6-16(15)24(22-18)9-17(26)27/h5-8H,9H2,1-4H3,(H,26,27). The summed E-state index contributed by atoms with van der Waals surface area (Å²) in [6, 6.07) is 3.23. The van der Waals surface area contributed by atoms with Gasteiger partial charge in [0, 0.05) is 49.9 Å². The minimum Gasteiger partial charge on any atom is -0.480 e. The largest absolute Gasteiger partial charge is 0.480 e. The third kappa shape index (κ3) is 3.46. The number of benzene rings is 1. The van der Waals surface area contributed by atoms with E-state index in [2.05, 4.69) is 15.1 Å². The van der Waals surface area contributed by atoms with E-state index < -0.39 is 12.5 Å². The number of nitrogens with zero attached hydrogens (tertiary/aromatic N) is 5. The molecule has 0 unspecified atom stereocenters. The van der Waals surface area contributed by atoms with E-state index in [0.29, 0.717) is 33.4 Å². The van der Waals surface area contributed by atoms with E-state index >= 15 is 0 Å². The first kappa shape index (κ1) is 19.2. The Morgan fingerprint density at radius 3 is 2.32 bits per heavy atom. The van der Waals surface area contributed by atoms with Crippen LogP contribution < -0.4 is 0 Å². The van der Waals surface area contributed by atoms with Gasteiger partial charge in [-0.05, 0) is 24.6 Å². The number of aryl methyl sites for hydroxylation is 1. The Kier molecular flexibility index (Phi) is 4.91. The molecule has 9 heteroatoms.